The lowest BCUT2D eigenvalue weighted by Gasteiger charge is -2.62. The van der Waals surface area contributed by atoms with Gasteiger partial charge in [-0.05, 0) is 81.0 Å². The summed E-state index contributed by atoms with van der Waals surface area (Å²) in [6.07, 6.45) is 11.0. The van der Waals surface area contributed by atoms with Crippen LogP contribution in [0.1, 0.15) is 71.6 Å². The van der Waals surface area contributed by atoms with Crippen molar-refractivity contribution in [1.29, 1.82) is 5.26 Å². The van der Waals surface area contributed by atoms with Gasteiger partial charge in [0, 0.05) is 5.41 Å². The van der Waals surface area contributed by atoms with Crippen molar-refractivity contribution in [2.75, 3.05) is 0 Å². The number of aliphatic hydroxyl groups excluding tert-OH is 1. The summed E-state index contributed by atoms with van der Waals surface area (Å²) in [6.45, 7) is 4.60. The second-order valence-corrected chi connectivity index (χ2v) is 9.48. The van der Waals surface area contributed by atoms with Crippen LogP contribution in [0.3, 0.4) is 0 Å². The van der Waals surface area contributed by atoms with Crippen LogP contribution in [-0.2, 0) is 0 Å². The number of nitriles is 1. The van der Waals surface area contributed by atoms with Gasteiger partial charge in [-0.25, -0.2) is 0 Å². The summed E-state index contributed by atoms with van der Waals surface area (Å²) < 4.78 is 0. The molecule has 0 aromatic carbocycles. The minimum Gasteiger partial charge on any atom is -0.393 e. The fourth-order valence-electron chi connectivity index (χ4n) is 7.05. The normalized spacial score (nSPS) is 53.9. The van der Waals surface area contributed by atoms with E-state index in [9.17, 15) is 15.5 Å². The topological polar surface area (TPSA) is 64.2 Å². The molecule has 0 aliphatic heterocycles. The van der Waals surface area contributed by atoms with E-state index in [4.69, 9.17) is 0 Å². The van der Waals surface area contributed by atoms with E-state index >= 15 is 0 Å². The number of fused-ring (bicyclic) bond motifs is 5. The number of aliphatic hydroxyl groups is 2. The van der Waals surface area contributed by atoms with E-state index in [1.807, 2.05) is 0 Å². The standard InChI is InChI=1S/C21H31NO2/c1-19-10-7-15(23)12-14(19)5-6-16-17(19)8-11-20(2)18(16)4-3-9-21(20,24)13-22/h5,15-18,23-24H,3-4,6-12H2,1-2H3/t15-,16+,17-,18-,19-,20+,21-/m0/s1. The number of hydrogen-bond acceptors (Lipinski definition) is 3. The molecule has 4 aliphatic rings. The van der Waals surface area contributed by atoms with Gasteiger partial charge in [0.05, 0.1) is 12.2 Å². The van der Waals surface area contributed by atoms with E-state index in [1.54, 1.807) is 0 Å². The van der Waals surface area contributed by atoms with E-state index in [-0.39, 0.29) is 16.9 Å². The van der Waals surface area contributed by atoms with Crippen LogP contribution >= 0.6 is 0 Å². The first-order chi connectivity index (χ1) is 11.3. The van der Waals surface area contributed by atoms with Crippen LogP contribution in [0.2, 0.25) is 0 Å². The summed E-state index contributed by atoms with van der Waals surface area (Å²) in [7, 11) is 0. The summed E-state index contributed by atoms with van der Waals surface area (Å²) in [4.78, 5) is 0. The van der Waals surface area contributed by atoms with E-state index in [0.717, 1.165) is 51.4 Å². The van der Waals surface area contributed by atoms with Gasteiger partial charge in [-0.15, -0.1) is 0 Å². The Morgan fingerprint density at radius 1 is 1.12 bits per heavy atom. The molecule has 0 heterocycles. The van der Waals surface area contributed by atoms with Crippen molar-refractivity contribution >= 4 is 0 Å². The maximum atomic E-state index is 11.0. The van der Waals surface area contributed by atoms with Crippen LogP contribution in [0.5, 0.6) is 0 Å². The molecule has 3 heteroatoms. The third-order valence-corrected chi connectivity index (χ3v) is 8.65. The highest BCUT2D eigenvalue weighted by Crippen LogP contribution is 2.65. The first kappa shape index (κ1) is 16.6. The van der Waals surface area contributed by atoms with Crippen LogP contribution in [0.15, 0.2) is 11.6 Å². The predicted molar refractivity (Wildman–Crippen MR) is 92.9 cm³/mol. The fourth-order valence-corrected chi connectivity index (χ4v) is 7.05. The third-order valence-electron chi connectivity index (χ3n) is 8.65. The molecule has 0 amide bonds. The summed E-state index contributed by atoms with van der Waals surface area (Å²) in [6, 6.07) is 2.29. The maximum absolute atomic E-state index is 11.0. The molecule has 0 aromatic heterocycles. The molecule has 7 atom stereocenters. The van der Waals surface area contributed by atoms with Gasteiger partial charge in [0.2, 0.25) is 0 Å². The van der Waals surface area contributed by atoms with Gasteiger partial charge in [-0.2, -0.15) is 5.26 Å². The Hall–Kier alpha value is -0.850. The minimum atomic E-state index is -1.14. The monoisotopic (exact) mass is 329 g/mol. The molecule has 0 saturated heterocycles. The summed E-state index contributed by atoms with van der Waals surface area (Å²) in [5, 5.41) is 30.8. The highest BCUT2D eigenvalue weighted by atomic mass is 16.3. The van der Waals surface area contributed by atoms with E-state index in [2.05, 4.69) is 26.0 Å². The average Bonchev–Trinajstić information content (AvgIpc) is 2.56. The molecule has 3 saturated carbocycles. The van der Waals surface area contributed by atoms with Crippen molar-refractivity contribution in [2.24, 2.45) is 28.6 Å². The van der Waals surface area contributed by atoms with Crippen molar-refractivity contribution in [2.45, 2.75) is 83.3 Å². The van der Waals surface area contributed by atoms with Crippen LogP contribution in [0.25, 0.3) is 0 Å². The highest BCUT2D eigenvalue weighted by Gasteiger charge is 2.62. The highest BCUT2D eigenvalue weighted by molar-refractivity contribution is 5.27. The van der Waals surface area contributed by atoms with Gasteiger partial charge in [-0.3, -0.25) is 0 Å². The number of rotatable bonds is 0. The lowest BCUT2D eigenvalue weighted by atomic mass is 9.43. The molecule has 4 aliphatic carbocycles. The molecule has 24 heavy (non-hydrogen) atoms. The van der Waals surface area contributed by atoms with Crippen LogP contribution in [0.4, 0.5) is 0 Å². The number of allylic oxidation sites excluding steroid dienone is 1. The SMILES string of the molecule is C[C@]12CC[C@H](O)CC1=CC[C@@H]1[C@@H]2CC[C@]2(C)[C@H]1CCC[C@]2(O)C#N. The largest absolute Gasteiger partial charge is 0.393 e. The molecule has 3 nitrogen and oxygen atoms in total. The molecule has 0 unspecified atom stereocenters. The molecule has 132 valence electrons. The number of nitrogens with zero attached hydrogens (tertiary/aromatic N) is 1. The zero-order chi connectivity index (χ0) is 17.2. The molecule has 4 rings (SSSR count). The average molecular weight is 329 g/mol. The zero-order valence-corrected chi connectivity index (χ0v) is 15.1. The summed E-state index contributed by atoms with van der Waals surface area (Å²) in [5.41, 5.74) is 0.314. The molecule has 3 fully saturated rings. The Labute approximate surface area is 145 Å². The van der Waals surface area contributed by atoms with Crippen molar-refractivity contribution in [3.05, 3.63) is 11.6 Å². The molecular formula is C21H31NO2. The van der Waals surface area contributed by atoms with Crippen molar-refractivity contribution < 1.29 is 10.2 Å². The number of hydrogen-bond donors (Lipinski definition) is 2. The van der Waals surface area contributed by atoms with Crippen molar-refractivity contribution in [1.82, 2.24) is 0 Å². The fraction of sp³-hybridized carbons (Fsp3) is 0.857. The summed E-state index contributed by atoms with van der Waals surface area (Å²) in [5.74, 6) is 1.70. The first-order valence-corrected chi connectivity index (χ1v) is 9.85. The van der Waals surface area contributed by atoms with Gasteiger partial charge in [-0.1, -0.05) is 25.5 Å². The van der Waals surface area contributed by atoms with Gasteiger partial charge in [0.15, 0.2) is 5.60 Å². The van der Waals surface area contributed by atoms with Crippen LogP contribution in [-0.4, -0.2) is 21.9 Å². The molecule has 0 spiro atoms. The van der Waals surface area contributed by atoms with Crippen molar-refractivity contribution in [3.8, 4) is 6.07 Å². The first-order valence-electron chi connectivity index (χ1n) is 9.85. The van der Waals surface area contributed by atoms with Gasteiger partial charge >= 0.3 is 0 Å². The predicted octanol–water partition coefficient (Wildman–Crippen LogP) is 3.95. The Bertz CT molecular complexity index is 607. The molecule has 0 radical (unpaired) electrons. The van der Waals surface area contributed by atoms with Crippen LogP contribution < -0.4 is 0 Å². The van der Waals surface area contributed by atoms with Gasteiger partial charge < -0.3 is 10.2 Å². The van der Waals surface area contributed by atoms with E-state index in [0.29, 0.717) is 24.2 Å². The van der Waals surface area contributed by atoms with E-state index in [1.165, 1.54) is 5.57 Å². The lowest BCUT2D eigenvalue weighted by Crippen LogP contribution is -2.60. The lowest BCUT2D eigenvalue weighted by molar-refractivity contribution is -0.160. The van der Waals surface area contributed by atoms with Gasteiger partial charge in [0.1, 0.15) is 0 Å². The Balaban J connectivity index is 1.70. The molecular weight excluding hydrogens is 298 g/mol. The van der Waals surface area contributed by atoms with Gasteiger partial charge in [0.25, 0.3) is 0 Å². The quantitative estimate of drug-likeness (QED) is 0.522. The molecule has 0 aromatic rings. The third kappa shape index (κ3) is 2.02. The second kappa shape index (κ2) is 5.32. The Morgan fingerprint density at radius 2 is 1.92 bits per heavy atom. The smallest absolute Gasteiger partial charge is 0.156 e. The minimum absolute atomic E-state index is 0.159. The van der Waals surface area contributed by atoms with E-state index < -0.39 is 5.60 Å². The zero-order valence-electron chi connectivity index (χ0n) is 15.1. The summed E-state index contributed by atoms with van der Waals surface area (Å²) >= 11 is 0. The molecule has 0 bridgehead atoms. The van der Waals surface area contributed by atoms with Crippen LogP contribution in [0, 0.1) is 39.9 Å². The second-order valence-electron chi connectivity index (χ2n) is 9.48. The van der Waals surface area contributed by atoms with Crippen molar-refractivity contribution in [3.63, 3.8) is 0 Å². The maximum Gasteiger partial charge on any atom is 0.156 e. The Kier molecular flexibility index (Phi) is 3.68. The Morgan fingerprint density at radius 3 is 2.67 bits per heavy atom. The molecule has 2 N–H and O–H groups in total.